The van der Waals surface area contributed by atoms with Crippen molar-refractivity contribution in [1.29, 1.82) is 0 Å². The van der Waals surface area contributed by atoms with Crippen LogP contribution < -0.4 is 10.1 Å². The predicted octanol–water partition coefficient (Wildman–Crippen LogP) is 4.47. The third-order valence-corrected chi connectivity index (χ3v) is 4.33. The van der Waals surface area contributed by atoms with Crippen LogP contribution in [0.15, 0.2) is 30.0 Å². The van der Waals surface area contributed by atoms with E-state index >= 15 is 0 Å². The van der Waals surface area contributed by atoms with Gasteiger partial charge in [-0.2, -0.15) is 13.2 Å². The average molecular weight is 354 g/mol. The molecule has 0 fully saturated rings. The van der Waals surface area contributed by atoms with Crippen LogP contribution in [0.3, 0.4) is 0 Å². The third-order valence-electron chi connectivity index (χ3n) is 3.33. The number of nitrogens with one attached hydrogen (secondary N) is 1. The van der Waals surface area contributed by atoms with Gasteiger partial charge in [-0.05, 0) is 36.9 Å². The first-order valence-corrected chi connectivity index (χ1v) is 7.88. The van der Waals surface area contributed by atoms with Gasteiger partial charge in [0.2, 0.25) is 5.88 Å². The van der Waals surface area contributed by atoms with Gasteiger partial charge in [-0.15, -0.1) is 11.3 Å². The smallest absolute Gasteiger partial charge is 0.425 e. The Bertz CT molecular complexity index is 865. The summed E-state index contributed by atoms with van der Waals surface area (Å²) in [6.07, 6.45) is -3.67. The topological polar surface area (TPSA) is 59.9 Å². The summed E-state index contributed by atoms with van der Waals surface area (Å²) in [4.78, 5) is 13.0. The van der Waals surface area contributed by atoms with Crippen molar-refractivity contribution >= 4 is 33.1 Å². The number of aromatic nitrogens is 3. The maximum atomic E-state index is 12.7. The molecule has 0 aliphatic carbocycles. The molecule has 1 unspecified atom stereocenters. The summed E-state index contributed by atoms with van der Waals surface area (Å²) < 4.78 is 43.1. The molecular weight excluding hydrogens is 341 g/mol. The van der Waals surface area contributed by atoms with Crippen LogP contribution in [0.4, 0.5) is 24.7 Å². The second-order valence-electron chi connectivity index (χ2n) is 5.10. The molecule has 3 rings (SSSR count). The van der Waals surface area contributed by atoms with Crippen LogP contribution in [0.1, 0.15) is 12.5 Å². The second-order valence-corrected chi connectivity index (χ2v) is 5.96. The largest absolute Gasteiger partial charge is 0.464 e. The zero-order chi connectivity index (χ0) is 17.3. The van der Waals surface area contributed by atoms with E-state index in [4.69, 9.17) is 4.74 Å². The fraction of sp³-hybridized carbons (Fsp3) is 0.267. The van der Waals surface area contributed by atoms with Crippen molar-refractivity contribution in [3.8, 4) is 5.88 Å². The van der Waals surface area contributed by atoms with E-state index in [0.717, 1.165) is 22.7 Å². The number of pyridine rings is 1. The summed E-state index contributed by atoms with van der Waals surface area (Å²) >= 11 is 1.47. The first-order chi connectivity index (χ1) is 11.4. The number of hydrogen-bond donors (Lipinski definition) is 1. The number of anilines is 2. The zero-order valence-corrected chi connectivity index (χ0v) is 13.6. The molecule has 0 aliphatic rings. The molecule has 24 heavy (non-hydrogen) atoms. The van der Waals surface area contributed by atoms with Gasteiger partial charge >= 0.3 is 6.18 Å². The number of aryl methyl sites for hydroxylation is 1. The molecule has 0 radical (unpaired) electrons. The van der Waals surface area contributed by atoms with E-state index in [0.29, 0.717) is 11.5 Å². The van der Waals surface area contributed by atoms with Gasteiger partial charge in [0, 0.05) is 6.20 Å². The first kappa shape index (κ1) is 16.4. The molecule has 0 saturated heterocycles. The standard InChI is InChI=1S/C15H13F3N4OS/c1-8-6-24-14-11(8)12(20-7-21-14)22-10-4-3-5-19-13(10)23-9(2)15(16,17)18/h3-7,9H,1-2H3,(H,20,21,22). The summed E-state index contributed by atoms with van der Waals surface area (Å²) in [6, 6.07) is 3.19. The van der Waals surface area contributed by atoms with Crippen molar-refractivity contribution in [2.75, 3.05) is 5.32 Å². The van der Waals surface area contributed by atoms with Crippen molar-refractivity contribution < 1.29 is 17.9 Å². The lowest BCUT2D eigenvalue weighted by atomic mass is 10.2. The molecule has 9 heteroatoms. The number of hydrogen-bond acceptors (Lipinski definition) is 6. The van der Waals surface area contributed by atoms with Crippen molar-refractivity contribution in [3.63, 3.8) is 0 Å². The van der Waals surface area contributed by atoms with Crippen LogP contribution in [0.2, 0.25) is 0 Å². The number of rotatable bonds is 4. The Morgan fingerprint density at radius 3 is 2.79 bits per heavy atom. The van der Waals surface area contributed by atoms with Crippen LogP contribution in [0.5, 0.6) is 5.88 Å². The van der Waals surface area contributed by atoms with E-state index < -0.39 is 12.3 Å². The van der Waals surface area contributed by atoms with Crippen LogP contribution in [0.25, 0.3) is 10.2 Å². The molecule has 126 valence electrons. The fourth-order valence-corrected chi connectivity index (χ4v) is 2.94. The Morgan fingerprint density at radius 2 is 2.04 bits per heavy atom. The van der Waals surface area contributed by atoms with Gasteiger partial charge in [-0.1, -0.05) is 0 Å². The maximum Gasteiger partial charge on any atom is 0.425 e. The highest BCUT2D eigenvalue weighted by Gasteiger charge is 2.38. The molecule has 1 N–H and O–H groups in total. The van der Waals surface area contributed by atoms with E-state index in [1.54, 1.807) is 12.1 Å². The summed E-state index contributed by atoms with van der Waals surface area (Å²) in [7, 11) is 0. The lowest BCUT2D eigenvalue weighted by Crippen LogP contribution is -2.31. The number of thiophene rings is 1. The van der Waals surface area contributed by atoms with Crippen LogP contribution in [0, 0.1) is 6.92 Å². The Labute approximate surface area is 139 Å². The van der Waals surface area contributed by atoms with Gasteiger partial charge in [-0.25, -0.2) is 15.0 Å². The molecule has 3 heterocycles. The van der Waals surface area contributed by atoms with Crippen LogP contribution >= 0.6 is 11.3 Å². The lowest BCUT2D eigenvalue weighted by molar-refractivity contribution is -0.189. The molecule has 0 aliphatic heterocycles. The Hall–Kier alpha value is -2.42. The SMILES string of the molecule is Cc1csc2ncnc(Nc3cccnc3OC(C)C(F)(F)F)c12. The van der Waals surface area contributed by atoms with Gasteiger partial charge in [0.25, 0.3) is 0 Å². The summed E-state index contributed by atoms with van der Waals surface area (Å²) in [6.45, 7) is 2.85. The highest BCUT2D eigenvalue weighted by molar-refractivity contribution is 7.17. The van der Waals surface area contributed by atoms with Crippen molar-refractivity contribution in [3.05, 3.63) is 35.6 Å². The van der Waals surface area contributed by atoms with Gasteiger partial charge in [-0.3, -0.25) is 0 Å². The molecule has 0 amide bonds. The molecular formula is C15H13F3N4OS. The van der Waals surface area contributed by atoms with E-state index in [9.17, 15) is 13.2 Å². The zero-order valence-electron chi connectivity index (χ0n) is 12.8. The van der Waals surface area contributed by atoms with Crippen molar-refractivity contribution in [1.82, 2.24) is 15.0 Å². The summed E-state index contributed by atoms with van der Waals surface area (Å²) in [5, 5.41) is 5.76. The van der Waals surface area contributed by atoms with E-state index in [2.05, 4.69) is 20.3 Å². The van der Waals surface area contributed by atoms with Gasteiger partial charge in [0.15, 0.2) is 6.10 Å². The Balaban J connectivity index is 1.94. The van der Waals surface area contributed by atoms with Crippen LogP contribution in [-0.4, -0.2) is 27.2 Å². The van der Waals surface area contributed by atoms with Gasteiger partial charge in [0.1, 0.15) is 22.7 Å². The average Bonchev–Trinajstić information content (AvgIpc) is 2.91. The lowest BCUT2D eigenvalue weighted by Gasteiger charge is -2.19. The number of halogens is 3. The van der Waals surface area contributed by atoms with Gasteiger partial charge < -0.3 is 10.1 Å². The van der Waals surface area contributed by atoms with E-state index in [1.807, 2.05) is 12.3 Å². The minimum absolute atomic E-state index is 0.137. The predicted molar refractivity (Wildman–Crippen MR) is 85.8 cm³/mol. The molecule has 0 aromatic carbocycles. The molecule has 5 nitrogen and oxygen atoms in total. The van der Waals surface area contributed by atoms with Gasteiger partial charge in [0.05, 0.1) is 5.39 Å². The quantitative estimate of drug-likeness (QED) is 0.749. The molecule has 3 aromatic heterocycles. The number of fused-ring (bicyclic) bond motifs is 1. The number of nitrogens with zero attached hydrogens (tertiary/aromatic N) is 3. The summed E-state index contributed by atoms with van der Waals surface area (Å²) in [5.74, 6) is 0.359. The third kappa shape index (κ3) is 3.25. The number of alkyl halides is 3. The molecule has 0 saturated carbocycles. The van der Waals surface area contributed by atoms with E-state index in [1.165, 1.54) is 23.9 Å². The van der Waals surface area contributed by atoms with E-state index in [-0.39, 0.29) is 5.88 Å². The minimum atomic E-state index is -4.47. The Kier molecular flexibility index (Phi) is 4.27. The first-order valence-electron chi connectivity index (χ1n) is 7.00. The van der Waals surface area contributed by atoms with Crippen molar-refractivity contribution in [2.24, 2.45) is 0 Å². The second kappa shape index (κ2) is 6.23. The fourth-order valence-electron chi connectivity index (χ4n) is 2.05. The monoisotopic (exact) mass is 354 g/mol. The summed E-state index contributed by atoms with van der Waals surface area (Å²) in [5.41, 5.74) is 1.28. The molecule has 0 spiro atoms. The molecule has 3 aromatic rings. The highest BCUT2D eigenvalue weighted by atomic mass is 32.1. The minimum Gasteiger partial charge on any atom is -0.464 e. The van der Waals surface area contributed by atoms with Crippen LogP contribution in [-0.2, 0) is 0 Å². The molecule has 1 atom stereocenters. The van der Waals surface area contributed by atoms with Crippen molar-refractivity contribution in [2.45, 2.75) is 26.1 Å². The normalized spacial score (nSPS) is 13.0. The maximum absolute atomic E-state index is 12.7. The highest BCUT2D eigenvalue weighted by Crippen LogP contribution is 2.33. The Morgan fingerprint density at radius 1 is 1.25 bits per heavy atom. The number of ether oxygens (including phenoxy) is 1. The molecule has 0 bridgehead atoms.